The lowest BCUT2D eigenvalue weighted by molar-refractivity contribution is -0.123. The van der Waals surface area contributed by atoms with Gasteiger partial charge >= 0.3 is 0 Å². The van der Waals surface area contributed by atoms with Crippen molar-refractivity contribution in [3.8, 4) is 0 Å². The van der Waals surface area contributed by atoms with E-state index in [1.54, 1.807) is 0 Å². The van der Waals surface area contributed by atoms with Crippen LogP contribution in [0, 0.1) is 12.3 Å². The summed E-state index contributed by atoms with van der Waals surface area (Å²) < 4.78 is 5.70. The highest BCUT2D eigenvalue weighted by atomic mass is 16.5. The number of anilines is 1. The Balaban J connectivity index is 1.79. The van der Waals surface area contributed by atoms with Crippen molar-refractivity contribution in [2.24, 2.45) is 5.41 Å². The third kappa shape index (κ3) is 3.63. The zero-order valence-corrected chi connectivity index (χ0v) is 13.4. The van der Waals surface area contributed by atoms with E-state index >= 15 is 0 Å². The van der Waals surface area contributed by atoms with Gasteiger partial charge in [-0.25, -0.2) is 0 Å². The van der Waals surface area contributed by atoms with E-state index in [0.29, 0.717) is 18.7 Å². The first kappa shape index (κ1) is 16.0. The van der Waals surface area contributed by atoms with E-state index < -0.39 is 0 Å². The first-order valence-corrected chi connectivity index (χ1v) is 7.65. The molecule has 21 heavy (non-hydrogen) atoms. The van der Waals surface area contributed by atoms with Gasteiger partial charge in [0.2, 0.25) is 5.91 Å². The molecule has 1 aromatic carbocycles. The van der Waals surface area contributed by atoms with E-state index in [9.17, 15) is 4.79 Å². The molecule has 2 unspecified atom stereocenters. The van der Waals surface area contributed by atoms with E-state index in [2.05, 4.69) is 24.5 Å². The minimum Gasteiger partial charge on any atom is -0.378 e. The summed E-state index contributed by atoms with van der Waals surface area (Å²) in [4.78, 5) is 12.0. The Bertz CT molecular complexity index is 499. The molecule has 2 N–H and O–H groups in total. The molecule has 0 spiro atoms. The SMILES string of the molecule is CCOC1CC(NCC(=O)Nc2ccccc2C)C1(C)C. The quantitative estimate of drug-likeness (QED) is 0.847. The van der Waals surface area contributed by atoms with Gasteiger partial charge in [-0.05, 0) is 31.9 Å². The van der Waals surface area contributed by atoms with Gasteiger partial charge in [-0.3, -0.25) is 4.79 Å². The van der Waals surface area contributed by atoms with E-state index in [0.717, 1.165) is 24.3 Å². The fraction of sp³-hybridized carbons (Fsp3) is 0.588. The van der Waals surface area contributed by atoms with Gasteiger partial charge in [0.25, 0.3) is 0 Å². The smallest absolute Gasteiger partial charge is 0.238 e. The standard InChI is InChI=1S/C17H26N2O2/c1-5-21-15-10-14(17(15,3)4)18-11-16(20)19-13-9-7-6-8-12(13)2/h6-9,14-15,18H,5,10-11H2,1-4H3,(H,19,20). The molecule has 4 nitrogen and oxygen atoms in total. The number of hydrogen-bond acceptors (Lipinski definition) is 3. The molecule has 2 rings (SSSR count). The third-order valence-electron chi connectivity index (χ3n) is 4.47. The lowest BCUT2D eigenvalue weighted by atomic mass is 9.64. The van der Waals surface area contributed by atoms with Crippen LogP contribution in [0.5, 0.6) is 0 Å². The lowest BCUT2D eigenvalue weighted by Gasteiger charge is -2.51. The summed E-state index contributed by atoms with van der Waals surface area (Å²) in [7, 11) is 0. The van der Waals surface area contributed by atoms with Crippen molar-refractivity contribution in [1.29, 1.82) is 0 Å². The van der Waals surface area contributed by atoms with Gasteiger partial charge < -0.3 is 15.4 Å². The number of hydrogen-bond donors (Lipinski definition) is 2. The zero-order chi connectivity index (χ0) is 15.5. The van der Waals surface area contributed by atoms with Crippen molar-refractivity contribution in [2.45, 2.75) is 46.3 Å². The minimum atomic E-state index is -0.0000371. The van der Waals surface area contributed by atoms with E-state index in [4.69, 9.17) is 4.74 Å². The molecule has 4 heteroatoms. The van der Waals surface area contributed by atoms with Gasteiger partial charge in [-0.15, -0.1) is 0 Å². The van der Waals surface area contributed by atoms with E-state index in [1.165, 1.54) is 0 Å². The molecular formula is C17H26N2O2. The molecule has 0 saturated heterocycles. The molecule has 116 valence electrons. The van der Waals surface area contributed by atoms with E-state index in [1.807, 2.05) is 38.1 Å². The first-order valence-electron chi connectivity index (χ1n) is 7.65. The molecule has 0 radical (unpaired) electrons. The van der Waals surface area contributed by atoms with Crippen LogP contribution in [0.4, 0.5) is 5.69 Å². The Kier molecular flexibility index (Phi) is 5.01. The predicted octanol–water partition coefficient (Wildman–Crippen LogP) is 2.73. The number of rotatable bonds is 6. The van der Waals surface area contributed by atoms with Crippen LogP contribution >= 0.6 is 0 Å². The summed E-state index contributed by atoms with van der Waals surface area (Å²) in [6.45, 7) is 9.47. The van der Waals surface area contributed by atoms with Crippen molar-refractivity contribution in [1.82, 2.24) is 5.32 Å². The highest BCUT2D eigenvalue weighted by Gasteiger charge is 2.48. The predicted molar refractivity (Wildman–Crippen MR) is 85.4 cm³/mol. The van der Waals surface area contributed by atoms with Gasteiger partial charge in [0.1, 0.15) is 0 Å². The highest BCUT2D eigenvalue weighted by molar-refractivity contribution is 5.92. The summed E-state index contributed by atoms with van der Waals surface area (Å²) in [6.07, 6.45) is 1.26. The summed E-state index contributed by atoms with van der Waals surface area (Å²) in [5, 5.41) is 6.29. The third-order valence-corrected chi connectivity index (χ3v) is 4.47. The number of para-hydroxylation sites is 1. The molecule has 0 bridgehead atoms. The maximum Gasteiger partial charge on any atom is 0.238 e. The molecule has 0 aliphatic heterocycles. The number of ether oxygens (including phenoxy) is 1. The number of carbonyl (C=O) groups is 1. The van der Waals surface area contributed by atoms with Gasteiger partial charge in [0.05, 0.1) is 12.6 Å². The first-order chi connectivity index (χ1) is 9.95. The van der Waals surface area contributed by atoms with Crippen LogP contribution in [-0.2, 0) is 9.53 Å². The van der Waals surface area contributed by atoms with Crippen LogP contribution in [-0.4, -0.2) is 31.2 Å². The molecule has 1 amide bonds. The van der Waals surface area contributed by atoms with Crippen LogP contribution in [0.3, 0.4) is 0 Å². The average Bonchev–Trinajstić information content (AvgIpc) is 2.44. The topological polar surface area (TPSA) is 50.4 Å². The number of aryl methyl sites for hydroxylation is 1. The van der Waals surface area contributed by atoms with Crippen molar-refractivity contribution in [3.05, 3.63) is 29.8 Å². The van der Waals surface area contributed by atoms with Crippen LogP contribution in [0.25, 0.3) is 0 Å². The zero-order valence-electron chi connectivity index (χ0n) is 13.4. The number of benzene rings is 1. The van der Waals surface area contributed by atoms with Crippen molar-refractivity contribution in [3.63, 3.8) is 0 Å². The molecule has 1 fully saturated rings. The fourth-order valence-electron chi connectivity index (χ4n) is 2.84. The maximum absolute atomic E-state index is 12.0. The van der Waals surface area contributed by atoms with E-state index in [-0.39, 0.29) is 11.3 Å². The van der Waals surface area contributed by atoms with Crippen molar-refractivity contribution < 1.29 is 9.53 Å². The average molecular weight is 290 g/mol. The second kappa shape index (κ2) is 6.58. The lowest BCUT2D eigenvalue weighted by Crippen LogP contribution is -2.61. The normalized spacial score (nSPS) is 23.4. The molecule has 0 heterocycles. The number of nitrogens with one attached hydrogen (secondary N) is 2. The second-order valence-corrected chi connectivity index (χ2v) is 6.30. The molecule has 0 aromatic heterocycles. The molecule has 1 saturated carbocycles. The molecule has 2 atom stereocenters. The molecular weight excluding hydrogens is 264 g/mol. The van der Waals surface area contributed by atoms with Crippen LogP contribution in [0.15, 0.2) is 24.3 Å². The summed E-state index contributed by atoms with van der Waals surface area (Å²) in [6, 6.07) is 8.14. The Morgan fingerprint density at radius 3 is 2.71 bits per heavy atom. The van der Waals surface area contributed by atoms with Gasteiger partial charge in [0.15, 0.2) is 0 Å². The number of amides is 1. The van der Waals surface area contributed by atoms with Crippen LogP contribution < -0.4 is 10.6 Å². The van der Waals surface area contributed by atoms with Gasteiger partial charge in [0, 0.05) is 23.8 Å². The van der Waals surface area contributed by atoms with Crippen LogP contribution in [0.2, 0.25) is 0 Å². The minimum absolute atomic E-state index is 0.0000371. The van der Waals surface area contributed by atoms with Gasteiger partial charge in [-0.2, -0.15) is 0 Å². The van der Waals surface area contributed by atoms with Crippen molar-refractivity contribution >= 4 is 11.6 Å². The fourth-order valence-corrected chi connectivity index (χ4v) is 2.84. The maximum atomic E-state index is 12.0. The summed E-state index contributed by atoms with van der Waals surface area (Å²) >= 11 is 0. The van der Waals surface area contributed by atoms with Gasteiger partial charge in [-0.1, -0.05) is 32.0 Å². The molecule has 1 aromatic rings. The highest BCUT2D eigenvalue weighted by Crippen LogP contribution is 2.42. The monoisotopic (exact) mass is 290 g/mol. The Hall–Kier alpha value is -1.39. The largest absolute Gasteiger partial charge is 0.378 e. The Labute approximate surface area is 127 Å². The second-order valence-electron chi connectivity index (χ2n) is 6.30. The molecule has 1 aliphatic rings. The molecule has 1 aliphatic carbocycles. The van der Waals surface area contributed by atoms with Crippen molar-refractivity contribution in [2.75, 3.05) is 18.5 Å². The Morgan fingerprint density at radius 1 is 1.38 bits per heavy atom. The van der Waals surface area contributed by atoms with Crippen LogP contribution in [0.1, 0.15) is 32.8 Å². The summed E-state index contributed by atoms with van der Waals surface area (Å²) in [5.41, 5.74) is 2.04. The number of carbonyl (C=O) groups excluding carboxylic acids is 1. The summed E-state index contributed by atoms with van der Waals surface area (Å²) in [5.74, 6) is -0.0000371. The Morgan fingerprint density at radius 2 is 2.10 bits per heavy atom.